The third kappa shape index (κ3) is 2.14. The summed E-state index contributed by atoms with van der Waals surface area (Å²) in [4.78, 5) is 17.6. The van der Waals surface area contributed by atoms with Gasteiger partial charge in [0.25, 0.3) is 5.91 Å². The molecule has 0 fully saturated rings. The lowest BCUT2D eigenvalue weighted by molar-refractivity contribution is -0.163. The van der Waals surface area contributed by atoms with E-state index >= 15 is 0 Å². The van der Waals surface area contributed by atoms with Gasteiger partial charge in [-0.3, -0.25) is 9.63 Å². The Bertz CT molecular complexity index is 400. The van der Waals surface area contributed by atoms with Crippen LogP contribution in [0, 0.1) is 0 Å². The zero-order valence-corrected chi connectivity index (χ0v) is 9.46. The van der Waals surface area contributed by atoms with Crippen molar-refractivity contribution in [2.45, 2.75) is 26.0 Å². The Kier molecular flexibility index (Phi) is 3.06. The molecule has 0 saturated heterocycles. The number of carbonyl (C=O) groups is 1. The number of hydrogen-bond donors (Lipinski definition) is 0. The van der Waals surface area contributed by atoms with E-state index < -0.39 is 0 Å². The van der Waals surface area contributed by atoms with E-state index in [1.165, 1.54) is 5.06 Å². The van der Waals surface area contributed by atoms with Crippen LogP contribution in [0.3, 0.4) is 0 Å². The average Bonchev–Trinajstić information content (AvgIpc) is 2.32. The second kappa shape index (κ2) is 4.49. The third-order valence-corrected chi connectivity index (χ3v) is 2.53. The lowest BCUT2D eigenvalue weighted by Crippen LogP contribution is -2.42. The molecule has 1 aliphatic heterocycles. The maximum atomic E-state index is 12.1. The van der Waals surface area contributed by atoms with Gasteiger partial charge in [0.15, 0.2) is 0 Å². The number of rotatable bonds is 1. The highest BCUT2D eigenvalue weighted by atomic mass is 16.7. The third-order valence-electron chi connectivity index (χ3n) is 2.53. The average molecular weight is 217 g/mol. The molecule has 3 heteroatoms. The number of hydrogen-bond acceptors (Lipinski definition) is 2. The van der Waals surface area contributed by atoms with Crippen LogP contribution in [-0.2, 0) is 4.84 Å². The number of benzene rings is 1. The molecule has 2 atom stereocenters. The molecule has 1 amide bonds. The summed E-state index contributed by atoms with van der Waals surface area (Å²) in [6, 6.07) is 9.15. The predicted molar refractivity (Wildman–Crippen MR) is 61.8 cm³/mol. The van der Waals surface area contributed by atoms with Crippen LogP contribution < -0.4 is 0 Å². The summed E-state index contributed by atoms with van der Waals surface area (Å²) in [5.74, 6) is -0.0932. The van der Waals surface area contributed by atoms with Crippen molar-refractivity contribution < 1.29 is 9.63 Å². The minimum atomic E-state index is -0.0932. The quantitative estimate of drug-likeness (QED) is 0.676. The van der Waals surface area contributed by atoms with Crippen molar-refractivity contribution in [2.24, 2.45) is 0 Å². The van der Waals surface area contributed by atoms with E-state index in [4.69, 9.17) is 4.84 Å². The number of amides is 1. The van der Waals surface area contributed by atoms with Crippen LogP contribution in [0.2, 0.25) is 0 Å². The number of hydroxylamine groups is 2. The van der Waals surface area contributed by atoms with Gasteiger partial charge in [0, 0.05) is 5.56 Å². The van der Waals surface area contributed by atoms with Gasteiger partial charge in [0.2, 0.25) is 0 Å². The summed E-state index contributed by atoms with van der Waals surface area (Å²) in [6.07, 6.45) is 3.89. The molecule has 16 heavy (non-hydrogen) atoms. The van der Waals surface area contributed by atoms with Crippen molar-refractivity contribution in [1.82, 2.24) is 5.06 Å². The van der Waals surface area contributed by atoms with E-state index in [-0.39, 0.29) is 18.1 Å². The lowest BCUT2D eigenvalue weighted by Gasteiger charge is -2.31. The van der Waals surface area contributed by atoms with Gasteiger partial charge in [-0.2, -0.15) is 0 Å². The maximum absolute atomic E-state index is 12.1. The first-order chi connectivity index (χ1) is 7.68. The van der Waals surface area contributed by atoms with E-state index in [2.05, 4.69) is 0 Å². The summed E-state index contributed by atoms with van der Waals surface area (Å²) >= 11 is 0. The Morgan fingerprint density at radius 1 is 1.19 bits per heavy atom. The highest BCUT2D eigenvalue weighted by Crippen LogP contribution is 2.16. The SMILES string of the molecule is C[C@@H]1C=C[C@H](C)N(C(=O)c2ccccc2)O1. The smallest absolute Gasteiger partial charge is 0.267 e. The van der Waals surface area contributed by atoms with Gasteiger partial charge in [0.05, 0.1) is 6.04 Å². The van der Waals surface area contributed by atoms with E-state index in [0.29, 0.717) is 5.56 Å². The van der Waals surface area contributed by atoms with Gasteiger partial charge in [-0.25, -0.2) is 5.06 Å². The van der Waals surface area contributed by atoms with Crippen LogP contribution in [0.4, 0.5) is 0 Å². The first-order valence-corrected chi connectivity index (χ1v) is 5.42. The van der Waals surface area contributed by atoms with Gasteiger partial charge in [-0.1, -0.05) is 30.4 Å². The van der Waals surface area contributed by atoms with Crippen LogP contribution in [0.5, 0.6) is 0 Å². The summed E-state index contributed by atoms with van der Waals surface area (Å²) < 4.78 is 0. The van der Waals surface area contributed by atoms with Crippen molar-refractivity contribution in [3.8, 4) is 0 Å². The normalized spacial score (nSPS) is 24.5. The molecule has 0 bridgehead atoms. The molecule has 1 heterocycles. The summed E-state index contributed by atoms with van der Waals surface area (Å²) in [5.41, 5.74) is 0.650. The largest absolute Gasteiger partial charge is 0.277 e. The second-order valence-electron chi connectivity index (χ2n) is 3.93. The summed E-state index contributed by atoms with van der Waals surface area (Å²) in [5, 5.41) is 1.43. The van der Waals surface area contributed by atoms with Crippen molar-refractivity contribution in [3.05, 3.63) is 48.0 Å². The number of carbonyl (C=O) groups excluding carboxylic acids is 1. The molecule has 1 aliphatic rings. The second-order valence-corrected chi connectivity index (χ2v) is 3.93. The molecule has 0 aliphatic carbocycles. The molecule has 84 valence electrons. The zero-order chi connectivity index (χ0) is 11.5. The van der Waals surface area contributed by atoms with Crippen molar-refractivity contribution in [3.63, 3.8) is 0 Å². The van der Waals surface area contributed by atoms with Crippen molar-refractivity contribution >= 4 is 5.91 Å². The Balaban J connectivity index is 2.19. The fraction of sp³-hybridized carbons (Fsp3) is 0.308. The fourth-order valence-corrected chi connectivity index (χ4v) is 1.65. The standard InChI is InChI=1S/C13H15NO2/c1-10-8-9-11(2)16-14(10)13(15)12-6-4-3-5-7-12/h3-11H,1-2H3/t10-,11+/m0/s1. The Hall–Kier alpha value is -1.61. The Morgan fingerprint density at radius 3 is 2.56 bits per heavy atom. The van der Waals surface area contributed by atoms with E-state index in [1.807, 2.05) is 44.2 Å². The minimum Gasteiger partial charge on any atom is -0.267 e. The zero-order valence-electron chi connectivity index (χ0n) is 9.46. The van der Waals surface area contributed by atoms with Crippen molar-refractivity contribution in [2.75, 3.05) is 0 Å². The van der Waals surface area contributed by atoms with Gasteiger partial charge < -0.3 is 0 Å². The monoisotopic (exact) mass is 217 g/mol. The highest BCUT2D eigenvalue weighted by Gasteiger charge is 2.25. The fourth-order valence-electron chi connectivity index (χ4n) is 1.65. The van der Waals surface area contributed by atoms with Crippen LogP contribution >= 0.6 is 0 Å². The van der Waals surface area contributed by atoms with Crippen LogP contribution in [-0.4, -0.2) is 23.1 Å². The first kappa shape index (κ1) is 10.9. The first-order valence-electron chi connectivity index (χ1n) is 5.42. The molecule has 0 radical (unpaired) electrons. The maximum Gasteiger partial charge on any atom is 0.277 e. The molecular formula is C13H15NO2. The van der Waals surface area contributed by atoms with Crippen LogP contribution in [0.25, 0.3) is 0 Å². The molecule has 0 saturated carbocycles. The van der Waals surface area contributed by atoms with Crippen LogP contribution in [0.15, 0.2) is 42.5 Å². The van der Waals surface area contributed by atoms with Gasteiger partial charge >= 0.3 is 0 Å². The van der Waals surface area contributed by atoms with E-state index in [9.17, 15) is 4.79 Å². The van der Waals surface area contributed by atoms with Crippen LogP contribution in [0.1, 0.15) is 24.2 Å². The molecular weight excluding hydrogens is 202 g/mol. The van der Waals surface area contributed by atoms with Crippen molar-refractivity contribution in [1.29, 1.82) is 0 Å². The van der Waals surface area contributed by atoms with E-state index in [0.717, 1.165) is 0 Å². The lowest BCUT2D eigenvalue weighted by atomic mass is 10.1. The number of nitrogens with zero attached hydrogens (tertiary/aromatic N) is 1. The Labute approximate surface area is 95.3 Å². The topological polar surface area (TPSA) is 29.5 Å². The molecule has 0 aromatic heterocycles. The molecule has 1 aromatic rings. The Morgan fingerprint density at radius 2 is 1.88 bits per heavy atom. The minimum absolute atomic E-state index is 0.0242. The summed E-state index contributed by atoms with van der Waals surface area (Å²) in [6.45, 7) is 3.84. The summed E-state index contributed by atoms with van der Waals surface area (Å²) in [7, 11) is 0. The van der Waals surface area contributed by atoms with E-state index in [1.54, 1.807) is 12.1 Å². The van der Waals surface area contributed by atoms with Gasteiger partial charge in [0.1, 0.15) is 6.10 Å². The van der Waals surface area contributed by atoms with Gasteiger partial charge in [-0.15, -0.1) is 0 Å². The molecule has 2 rings (SSSR count). The molecule has 1 aromatic carbocycles. The van der Waals surface area contributed by atoms with Gasteiger partial charge in [-0.05, 0) is 26.0 Å². The molecule has 0 unspecified atom stereocenters. The molecule has 0 spiro atoms. The molecule has 3 nitrogen and oxygen atoms in total. The molecule has 0 N–H and O–H groups in total. The predicted octanol–water partition coefficient (Wildman–Crippen LogP) is 2.41. The highest BCUT2D eigenvalue weighted by molar-refractivity contribution is 5.93.